The molecule has 0 saturated heterocycles. The van der Waals surface area contributed by atoms with Crippen LogP contribution >= 0.6 is 35.0 Å². The molecule has 2 rings (SSSR count). The Morgan fingerprint density at radius 1 is 1.20 bits per heavy atom. The second-order valence-electron chi connectivity index (χ2n) is 3.97. The maximum atomic E-state index is 11.8. The lowest BCUT2D eigenvalue weighted by Gasteiger charge is -2.05. The number of benzene rings is 1. The first-order valence-corrected chi connectivity index (χ1v) is 7.67. The first-order chi connectivity index (χ1) is 9.63. The van der Waals surface area contributed by atoms with Crippen molar-refractivity contribution < 1.29 is 4.79 Å². The summed E-state index contributed by atoms with van der Waals surface area (Å²) in [5, 5.41) is 4.86. The van der Waals surface area contributed by atoms with Crippen molar-refractivity contribution in [1.82, 2.24) is 4.98 Å². The number of rotatable bonds is 5. The van der Waals surface area contributed by atoms with Crippen LogP contribution in [0.3, 0.4) is 0 Å². The molecule has 0 atom stereocenters. The molecule has 104 valence electrons. The minimum absolute atomic E-state index is 0.0475. The lowest BCUT2D eigenvalue weighted by atomic mass is 10.3. The summed E-state index contributed by atoms with van der Waals surface area (Å²) < 4.78 is 0. The van der Waals surface area contributed by atoms with Gasteiger partial charge >= 0.3 is 0 Å². The van der Waals surface area contributed by atoms with Crippen molar-refractivity contribution >= 4 is 46.6 Å². The molecule has 1 N–H and O–H groups in total. The van der Waals surface area contributed by atoms with Crippen LogP contribution in [0.1, 0.15) is 6.42 Å². The number of hydrogen-bond donors (Lipinski definition) is 1. The molecule has 0 fully saturated rings. The molecule has 6 heteroatoms. The summed E-state index contributed by atoms with van der Waals surface area (Å²) in [6.07, 6.45) is 2.00. The molecule has 0 aliphatic rings. The van der Waals surface area contributed by atoms with Gasteiger partial charge in [0.05, 0.1) is 10.0 Å². The van der Waals surface area contributed by atoms with Gasteiger partial charge in [-0.15, -0.1) is 11.8 Å². The van der Waals surface area contributed by atoms with E-state index in [2.05, 4.69) is 10.3 Å². The first kappa shape index (κ1) is 15.2. The fourth-order valence-electron chi connectivity index (χ4n) is 1.49. The predicted molar refractivity (Wildman–Crippen MR) is 84.7 cm³/mol. The highest BCUT2D eigenvalue weighted by Crippen LogP contribution is 2.19. The fraction of sp³-hybridized carbons (Fsp3) is 0.143. The van der Waals surface area contributed by atoms with Gasteiger partial charge in [0.2, 0.25) is 5.91 Å². The van der Waals surface area contributed by atoms with Gasteiger partial charge in [0.25, 0.3) is 0 Å². The third kappa shape index (κ3) is 5.04. The van der Waals surface area contributed by atoms with E-state index in [1.807, 2.05) is 6.07 Å². The third-order valence-corrected chi connectivity index (χ3v) is 3.79. The van der Waals surface area contributed by atoms with Crippen LogP contribution in [0.15, 0.2) is 47.6 Å². The summed E-state index contributed by atoms with van der Waals surface area (Å²) >= 11 is 13.1. The zero-order valence-electron chi connectivity index (χ0n) is 10.5. The normalized spacial score (nSPS) is 10.3. The molecule has 1 amide bonds. The highest BCUT2D eigenvalue weighted by molar-refractivity contribution is 7.99. The molecule has 0 unspecified atom stereocenters. The van der Waals surface area contributed by atoms with E-state index in [1.165, 1.54) is 11.8 Å². The summed E-state index contributed by atoms with van der Waals surface area (Å²) in [6.45, 7) is 0. The highest BCUT2D eigenvalue weighted by Gasteiger charge is 2.04. The first-order valence-electron chi connectivity index (χ1n) is 5.93. The standard InChI is InChI=1S/C14H12Cl2N2OS/c15-10-2-1-3-12(8-10)18-13(19)6-7-20-14-5-4-11(16)9-17-14/h1-5,8-9H,6-7H2,(H,18,19). The topological polar surface area (TPSA) is 42.0 Å². The number of aromatic nitrogens is 1. The molecule has 1 aromatic carbocycles. The average Bonchev–Trinajstić information content (AvgIpc) is 2.41. The Morgan fingerprint density at radius 2 is 2.05 bits per heavy atom. The number of carbonyl (C=O) groups is 1. The number of carbonyl (C=O) groups excluding carboxylic acids is 1. The van der Waals surface area contributed by atoms with Gasteiger partial charge in [-0.2, -0.15) is 0 Å². The molecule has 0 radical (unpaired) electrons. The van der Waals surface area contributed by atoms with Crippen LogP contribution in [0.2, 0.25) is 10.0 Å². The van der Waals surface area contributed by atoms with Crippen LogP contribution in [0, 0.1) is 0 Å². The molecule has 20 heavy (non-hydrogen) atoms. The number of nitrogens with one attached hydrogen (secondary N) is 1. The molecule has 1 aromatic heterocycles. The second kappa shape index (κ2) is 7.53. The van der Waals surface area contributed by atoms with E-state index in [0.717, 1.165) is 5.03 Å². The number of pyridine rings is 1. The number of nitrogens with zero attached hydrogens (tertiary/aromatic N) is 1. The van der Waals surface area contributed by atoms with Crippen molar-refractivity contribution in [2.24, 2.45) is 0 Å². The molecule has 0 aliphatic heterocycles. The molecule has 0 saturated carbocycles. The maximum Gasteiger partial charge on any atom is 0.225 e. The van der Waals surface area contributed by atoms with Crippen molar-refractivity contribution in [3.8, 4) is 0 Å². The van der Waals surface area contributed by atoms with Crippen LogP contribution in [-0.4, -0.2) is 16.6 Å². The number of thioether (sulfide) groups is 1. The molecule has 0 bridgehead atoms. The Labute approximate surface area is 131 Å². The van der Waals surface area contributed by atoms with Crippen molar-refractivity contribution in [2.75, 3.05) is 11.1 Å². The fourth-order valence-corrected chi connectivity index (χ4v) is 2.58. The quantitative estimate of drug-likeness (QED) is 0.822. The monoisotopic (exact) mass is 326 g/mol. The van der Waals surface area contributed by atoms with Crippen LogP contribution in [0.25, 0.3) is 0 Å². The molecule has 1 heterocycles. The van der Waals surface area contributed by atoms with E-state index in [9.17, 15) is 4.79 Å². The van der Waals surface area contributed by atoms with Gasteiger partial charge in [0, 0.05) is 29.1 Å². The van der Waals surface area contributed by atoms with Gasteiger partial charge in [-0.3, -0.25) is 4.79 Å². The van der Waals surface area contributed by atoms with Crippen LogP contribution in [-0.2, 0) is 4.79 Å². The Balaban J connectivity index is 1.76. The van der Waals surface area contributed by atoms with Crippen LogP contribution in [0.4, 0.5) is 5.69 Å². The molecule has 0 aliphatic carbocycles. The van der Waals surface area contributed by atoms with E-state index < -0.39 is 0 Å². The Hall–Kier alpha value is -1.23. The Bertz CT molecular complexity index is 590. The van der Waals surface area contributed by atoms with E-state index in [4.69, 9.17) is 23.2 Å². The molecule has 3 nitrogen and oxygen atoms in total. The minimum Gasteiger partial charge on any atom is -0.326 e. The van der Waals surface area contributed by atoms with E-state index >= 15 is 0 Å². The van der Waals surface area contributed by atoms with Gasteiger partial charge in [0.1, 0.15) is 0 Å². The van der Waals surface area contributed by atoms with Crippen LogP contribution < -0.4 is 5.32 Å². The van der Waals surface area contributed by atoms with Crippen molar-refractivity contribution in [1.29, 1.82) is 0 Å². The van der Waals surface area contributed by atoms with Gasteiger partial charge in [-0.25, -0.2) is 4.98 Å². The summed E-state index contributed by atoms with van der Waals surface area (Å²) in [6, 6.07) is 10.7. The van der Waals surface area contributed by atoms with E-state index in [0.29, 0.717) is 27.9 Å². The average molecular weight is 327 g/mol. The van der Waals surface area contributed by atoms with Gasteiger partial charge in [0.15, 0.2) is 0 Å². The molecule has 0 spiro atoms. The second-order valence-corrected chi connectivity index (χ2v) is 5.96. The molecular weight excluding hydrogens is 315 g/mol. The maximum absolute atomic E-state index is 11.8. The summed E-state index contributed by atoms with van der Waals surface area (Å²) in [7, 11) is 0. The largest absolute Gasteiger partial charge is 0.326 e. The Morgan fingerprint density at radius 3 is 2.75 bits per heavy atom. The number of anilines is 1. The number of hydrogen-bond acceptors (Lipinski definition) is 3. The van der Waals surface area contributed by atoms with Crippen molar-refractivity contribution in [2.45, 2.75) is 11.4 Å². The summed E-state index contributed by atoms with van der Waals surface area (Å²) in [5.41, 5.74) is 0.706. The van der Waals surface area contributed by atoms with Gasteiger partial charge < -0.3 is 5.32 Å². The smallest absolute Gasteiger partial charge is 0.225 e. The van der Waals surface area contributed by atoms with Crippen molar-refractivity contribution in [3.05, 3.63) is 52.6 Å². The van der Waals surface area contributed by atoms with Crippen LogP contribution in [0.5, 0.6) is 0 Å². The lowest BCUT2D eigenvalue weighted by Crippen LogP contribution is -2.12. The number of halogens is 2. The zero-order valence-corrected chi connectivity index (χ0v) is 12.8. The molecular formula is C14H12Cl2N2OS. The van der Waals surface area contributed by atoms with Crippen molar-refractivity contribution in [3.63, 3.8) is 0 Å². The lowest BCUT2D eigenvalue weighted by molar-refractivity contribution is -0.115. The minimum atomic E-state index is -0.0475. The Kier molecular flexibility index (Phi) is 5.71. The van der Waals surface area contributed by atoms with Gasteiger partial charge in [-0.05, 0) is 30.3 Å². The van der Waals surface area contributed by atoms with Gasteiger partial charge in [-0.1, -0.05) is 29.3 Å². The SMILES string of the molecule is O=C(CCSc1ccc(Cl)cn1)Nc1cccc(Cl)c1. The predicted octanol–water partition coefficient (Wildman–Crippen LogP) is 4.51. The highest BCUT2D eigenvalue weighted by atomic mass is 35.5. The number of amides is 1. The van der Waals surface area contributed by atoms with E-state index in [-0.39, 0.29) is 5.91 Å². The van der Waals surface area contributed by atoms with E-state index in [1.54, 1.807) is 36.5 Å². The zero-order chi connectivity index (χ0) is 14.4. The summed E-state index contributed by atoms with van der Waals surface area (Å²) in [4.78, 5) is 15.9. The summed E-state index contributed by atoms with van der Waals surface area (Å²) in [5.74, 6) is 0.606. The third-order valence-electron chi connectivity index (χ3n) is 2.39. The molecule has 2 aromatic rings.